The lowest BCUT2D eigenvalue weighted by Crippen LogP contribution is -2.55. The number of non-ortho nitro benzene ring substituents is 1. The monoisotopic (exact) mass is 424 g/mol. The van der Waals surface area contributed by atoms with Crippen LogP contribution in [-0.4, -0.2) is 23.0 Å². The van der Waals surface area contributed by atoms with Crippen molar-refractivity contribution in [2.45, 2.75) is 70.8 Å². The smallest absolute Gasteiger partial charge is 0.269 e. The Kier molecular flexibility index (Phi) is 4.94. The summed E-state index contributed by atoms with van der Waals surface area (Å²) in [4.78, 5) is 23.2. The van der Waals surface area contributed by atoms with Crippen LogP contribution in [-0.2, 0) is 4.79 Å². The van der Waals surface area contributed by atoms with E-state index in [9.17, 15) is 14.9 Å². The van der Waals surface area contributed by atoms with E-state index >= 15 is 0 Å². The average Bonchev–Trinajstić information content (AvgIpc) is 3.11. The number of nitro benzene ring substituents is 1. The molecule has 4 aliphatic carbocycles. The van der Waals surface area contributed by atoms with E-state index in [-0.39, 0.29) is 22.1 Å². The van der Waals surface area contributed by atoms with Gasteiger partial charge in [0.2, 0.25) is 0 Å². The van der Waals surface area contributed by atoms with Gasteiger partial charge in [0.25, 0.3) is 5.69 Å². The van der Waals surface area contributed by atoms with Gasteiger partial charge in [-0.2, -0.15) is 0 Å². The number of ketones is 1. The molecule has 7 atom stereocenters. The number of hydrogen-bond donors (Lipinski definition) is 1. The van der Waals surface area contributed by atoms with E-state index in [0.717, 1.165) is 38.5 Å². The van der Waals surface area contributed by atoms with Crippen LogP contribution < -0.4 is 4.74 Å². The Morgan fingerprint density at radius 1 is 1.10 bits per heavy atom. The fourth-order valence-corrected chi connectivity index (χ4v) is 7.93. The second-order valence-corrected chi connectivity index (χ2v) is 10.6. The van der Waals surface area contributed by atoms with Gasteiger partial charge in [0.05, 0.1) is 16.4 Å². The minimum Gasteiger partial charge on any atom is -0.490 e. The molecule has 0 radical (unpaired) electrons. The number of ether oxygens (including phenoxy) is 1. The summed E-state index contributed by atoms with van der Waals surface area (Å²) in [7, 11) is 0. The Labute approximate surface area is 183 Å². The van der Waals surface area contributed by atoms with Crippen LogP contribution in [0.25, 0.3) is 0 Å². The largest absolute Gasteiger partial charge is 0.490 e. The predicted molar refractivity (Wildman–Crippen MR) is 117 cm³/mol. The number of carbonyl (C=O) groups is 1. The third-order valence-corrected chi connectivity index (χ3v) is 9.55. The van der Waals surface area contributed by atoms with E-state index in [0.29, 0.717) is 41.6 Å². The van der Waals surface area contributed by atoms with Crippen molar-refractivity contribution in [3.63, 3.8) is 0 Å². The second kappa shape index (κ2) is 7.42. The van der Waals surface area contributed by atoms with Gasteiger partial charge < -0.3 is 10.1 Å². The second-order valence-electron chi connectivity index (χ2n) is 10.6. The van der Waals surface area contributed by atoms with Crippen molar-refractivity contribution in [3.05, 3.63) is 34.4 Å². The molecule has 1 aromatic rings. The number of fused-ring (bicyclic) bond motifs is 5. The molecule has 166 valence electrons. The van der Waals surface area contributed by atoms with Crippen LogP contribution in [0.15, 0.2) is 24.3 Å². The third kappa shape index (κ3) is 3.13. The van der Waals surface area contributed by atoms with Gasteiger partial charge in [-0.15, -0.1) is 0 Å². The maximum absolute atomic E-state index is 12.7. The Balaban J connectivity index is 1.29. The molecule has 1 unspecified atom stereocenters. The molecular formula is C25H32N2O4. The highest BCUT2D eigenvalue weighted by atomic mass is 16.6. The van der Waals surface area contributed by atoms with Crippen LogP contribution in [0.1, 0.15) is 64.7 Å². The Morgan fingerprint density at radius 3 is 2.58 bits per heavy atom. The topological polar surface area (TPSA) is 93.3 Å². The zero-order valence-corrected chi connectivity index (χ0v) is 18.2. The highest BCUT2D eigenvalue weighted by Crippen LogP contribution is 2.65. The summed E-state index contributed by atoms with van der Waals surface area (Å²) in [5.74, 6) is 3.26. The van der Waals surface area contributed by atoms with Crippen LogP contribution in [0.5, 0.6) is 5.75 Å². The first-order valence-electron chi connectivity index (χ1n) is 11.8. The molecule has 0 saturated heterocycles. The first kappa shape index (κ1) is 20.7. The van der Waals surface area contributed by atoms with Gasteiger partial charge in [-0.3, -0.25) is 14.9 Å². The lowest BCUT2D eigenvalue weighted by atomic mass is 9.45. The SMILES string of the molecule is C[C@]12CCC(Oc3ccc([N+](=O)[O-])cc3)C[C@@H]1CC[C@@H]1[C@@H]2CC[C@]2(C=N)C(=O)CC[C@@H]12. The van der Waals surface area contributed by atoms with E-state index in [1.54, 1.807) is 12.1 Å². The maximum Gasteiger partial charge on any atom is 0.269 e. The normalized spacial score (nSPS) is 41.6. The molecule has 6 nitrogen and oxygen atoms in total. The van der Waals surface area contributed by atoms with Gasteiger partial charge >= 0.3 is 0 Å². The van der Waals surface area contributed by atoms with Crippen LogP contribution in [0.3, 0.4) is 0 Å². The van der Waals surface area contributed by atoms with Crippen molar-refractivity contribution in [3.8, 4) is 5.75 Å². The summed E-state index contributed by atoms with van der Waals surface area (Å²) in [6, 6.07) is 6.43. The zero-order chi connectivity index (χ0) is 21.8. The van der Waals surface area contributed by atoms with Crippen molar-refractivity contribution >= 4 is 17.7 Å². The van der Waals surface area contributed by atoms with Gasteiger partial charge in [-0.25, -0.2) is 0 Å². The van der Waals surface area contributed by atoms with Gasteiger partial charge in [0.15, 0.2) is 0 Å². The van der Waals surface area contributed by atoms with Crippen molar-refractivity contribution in [2.24, 2.45) is 34.5 Å². The van der Waals surface area contributed by atoms with Crippen molar-refractivity contribution < 1.29 is 14.5 Å². The highest BCUT2D eigenvalue weighted by Gasteiger charge is 2.61. The number of benzene rings is 1. The maximum atomic E-state index is 12.7. The number of Topliss-reactive ketones (excluding diaryl/α,β-unsaturated/α-hetero) is 1. The summed E-state index contributed by atoms with van der Waals surface area (Å²) in [6.07, 6.45) is 10.8. The standard InChI is InChI=1S/C25H32N2O4/c1-24-12-10-19(31-18-5-3-17(4-6-18)27(29)30)14-16(24)2-7-20-21(24)11-13-25(15-26)22(20)8-9-23(25)28/h3-6,15-16,19-22,26H,2,7-14H2,1H3/t16-,19?,20+,21-,22-,24-,25+/m0/s1. The number of carbonyl (C=O) groups excluding carboxylic acids is 1. The third-order valence-electron chi connectivity index (χ3n) is 9.55. The van der Waals surface area contributed by atoms with Crippen LogP contribution in [0.4, 0.5) is 5.69 Å². The minimum atomic E-state index is -0.458. The van der Waals surface area contributed by atoms with Gasteiger partial charge in [-0.1, -0.05) is 6.92 Å². The lowest BCUT2D eigenvalue weighted by molar-refractivity contribution is -0.384. The molecular weight excluding hydrogens is 392 g/mol. The van der Waals surface area contributed by atoms with E-state index in [4.69, 9.17) is 10.1 Å². The number of nitrogens with zero attached hydrogens (tertiary/aromatic N) is 1. The van der Waals surface area contributed by atoms with E-state index in [1.165, 1.54) is 31.2 Å². The predicted octanol–water partition coefficient (Wildman–Crippen LogP) is 5.58. The molecule has 0 aromatic heterocycles. The molecule has 4 aliphatic rings. The quantitative estimate of drug-likeness (QED) is 0.388. The fraction of sp³-hybridized carbons (Fsp3) is 0.680. The number of nitro groups is 1. The van der Waals surface area contributed by atoms with Crippen molar-refractivity contribution in [2.75, 3.05) is 0 Å². The number of nitrogens with one attached hydrogen (secondary N) is 1. The summed E-state index contributed by atoms with van der Waals surface area (Å²) in [5.41, 5.74) is -0.0795. The molecule has 5 rings (SSSR count). The minimum absolute atomic E-state index is 0.0885. The molecule has 4 fully saturated rings. The lowest BCUT2D eigenvalue weighted by Gasteiger charge is -2.60. The van der Waals surface area contributed by atoms with E-state index in [2.05, 4.69) is 6.92 Å². The highest BCUT2D eigenvalue weighted by molar-refractivity contribution is 6.01. The van der Waals surface area contributed by atoms with Crippen LogP contribution in [0, 0.1) is 50.0 Å². The molecule has 0 heterocycles. The number of rotatable bonds is 4. The zero-order valence-electron chi connectivity index (χ0n) is 18.2. The molecule has 0 aliphatic heterocycles. The van der Waals surface area contributed by atoms with Gasteiger partial charge in [0, 0.05) is 24.8 Å². The van der Waals surface area contributed by atoms with Crippen LogP contribution >= 0.6 is 0 Å². The first-order chi connectivity index (χ1) is 14.9. The first-order valence-corrected chi connectivity index (χ1v) is 11.8. The van der Waals surface area contributed by atoms with E-state index < -0.39 is 5.41 Å². The molecule has 0 bridgehead atoms. The fourth-order valence-electron chi connectivity index (χ4n) is 7.93. The number of hydrogen-bond acceptors (Lipinski definition) is 5. The molecule has 1 aromatic carbocycles. The van der Waals surface area contributed by atoms with Gasteiger partial charge in [0.1, 0.15) is 11.5 Å². The summed E-state index contributed by atoms with van der Waals surface area (Å²) in [5, 5.41) is 18.9. The summed E-state index contributed by atoms with van der Waals surface area (Å²) >= 11 is 0. The van der Waals surface area contributed by atoms with Crippen molar-refractivity contribution in [1.29, 1.82) is 5.41 Å². The molecule has 31 heavy (non-hydrogen) atoms. The average molecular weight is 425 g/mol. The van der Waals surface area contributed by atoms with Gasteiger partial charge in [-0.05, 0) is 92.6 Å². The summed E-state index contributed by atoms with van der Waals surface area (Å²) < 4.78 is 6.24. The molecule has 0 amide bonds. The Morgan fingerprint density at radius 2 is 1.87 bits per heavy atom. The molecule has 4 saturated carbocycles. The molecule has 0 spiro atoms. The Bertz CT molecular complexity index is 899. The molecule has 6 heteroatoms. The Hall–Kier alpha value is -2.24. The molecule has 1 N–H and O–H groups in total. The van der Waals surface area contributed by atoms with Crippen molar-refractivity contribution in [1.82, 2.24) is 0 Å². The summed E-state index contributed by atoms with van der Waals surface area (Å²) in [6.45, 7) is 2.48. The van der Waals surface area contributed by atoms with E-state index in [1.807, 2.05) is 0 Å². The van der Waals surface area contributed by atoms with Crippen LogP contribution in [0.2, 0.25) is 0 Å².